The van der Waals surface area contributed by atoms with E-state index in [2.05, 4.69) is 18.6 Å². The van der Waals surface area contributed by atoms with E-state index in [1.165, 1.54) is 11.4 Å². The van der Waals surface area contributed by atoms with Crippen molar-refractivity contribution < 1.29 is 8.42 Å². The highest BCUT2D eigenvalue weighted by molar-refractivity contribution is 7.87. The SMILES string of the molecule is CC.CNS(=O)(=O)N1CCC(C(C)C)CC1. The Morgan fingerprint density at radius 2 is 1.62 bits per heavy atom. The molecule has 5 heteroatoms. The molecule has 0 saturated carbocycles. The van der Waals surface area contributed by atoms with Gasteiger partial charge in [-0.05, 0) is 24.7 Å². The van der Waals surface area contributed by atoms with Gasteiger partial charge in [-0.15, -0.1) is 0 Å². The summed E-state index contributed by atoms with van der Waals surface area (Å²) in [5, 5.41) is 0. The van der Waals surface area contributed by atoms with Gasteiger partial charge in [0.15, 0.2) is 0 Å². The van der Waals surface area contributed by atoms with Crippen molar-refractivity contribution in [2.45, 2.75) is 40.5 Å². The van der Waals surface area contributed by atoms with Gasteiger partial charge >= 0.3 is 0 Å². The van der Waals surface area contributed by atoms with Crippen LogP contribution in [0.5, 0.6) is 0 Å². The molecule has 0 aliphatic carbocycles. The molecule has 1 aliphatic rings. The van der Waals surface area contributed by atoms with Crippen molar-refractivity contribution in [1.29, 1.82) is 0 Å². The maximum atomic E-state index is 11.4. The molecule has 1 saturated heterocycles. The first-order chi connectivity index (χ1) is 7.47. The second-order valence-corrected chi connectivity index (χ2v) is 6.06. The lowest BCUT2D eigenvalue weighted by molar-refractivity contribution is 0.225. The largest absolute Gasteiger partial charge is 0.279 e. The van der Waals surface area contributed by atoms with Gasteiger partial charge in [-0.25, -0.2) is 4.72 Å². The van der Waals surface area contributed by atoms with Gasteiger partial charge in [-0.1, -0.05) is 27.7 Å². The van der Waals surface area contributed by atoms with E-state index >= 15 is 0 Å². The molecule has 0 unspecified atom stereocenters. The summed E-state index contributed by atoms with van der Waals surface area (Å²) >= 11 is 0. The van der Waals surface area contributed by atoms with E-state index in [0.29, 0.717) is 24.9 Å². The molecule has 16 heavy (non-hydrogen) atoms. The number of nitrogens with zero attached hydrogens (tertiary/aromatic N) is 1. The second kappa shape index (κ2) is 7.25. The third-order valence-electron chi connectivity index (χ3n) is 3.04. The lowest BCUT2D eigenvalue weighted by Gasteiger charge is -2.32. The third-order valence-corrected chi connectivity index (χ3v) is 4.60. The van der Waals surface area contributed by atoms with Crippen molar-refractivity contribution in [2.75, 3.05) is 20.1 Å². The van der Waals surface area contributed by atoms with Crippen LogP contribution in [-0.2, 0) is 10.2 Å². The van der Waals surface area contributed by atoms with Crippen molar-refractivity contribution >= 4 is 10.2 Å². The summed E-state index contributed by atoms with van der Waals surface area (Å²) < 4.78 is 26.8. The standard InChI is InChI=1S/C9H20N2O2S.C2H6/c1-8(2)9-4-6-11(7-5-9)14(12,13)10-3;1-2/h8-10H,4-7H2,1-3H3;1-2H3. The Morgan fingerprint density at radius 3 is 1.94 bits per heavy atom. The molecule has 1 rings (SSSR count). The van der Waals surface area contributed by atoms with E-state index in [4.69, 9.17) is 0 Å². The van der Waals surface area contributed by atoms with Crippen LogP contribution in [0, 0.1) is 11.8 Å². The zero-order valence-electron chi connectivity index (χ0n) is 11.2. The highest BCUT2D eigenvalue weighted by Gasteiger charge is 2.27. The maximum Gasteiger partial charge on any atom is 0.279 e. The minimum atomic E-state index is -3.19. The molecule has 0 amide bonds. The Bertz CT molecular complexity index is 268. The Kier molecular flexibility index (Phi) is 7.19. The van der Waals surface area contributed by atoms with Crippen molar-refractivity contribution in [1.82, 2.24) is 9.03 Å². The molecule has 0 atom stereocenters. The Morgan fingerprint density at radius 1 is 1.19 bits per heavy atom. The summed E-state index contributed by atoms with van der Waals surface area (Å²) in [4.78, 5) is 0. The highest BCUT2D eigenvalue weighted by atomic mass is 32.2. The summed E-state index contributed by atoms with van der Waals surface area (Å²) in [6.07, 6.45) is 1.97. The molecule has 98 valence electrons. The van der Waals surface area contributed by atoms with Crippen LogP contribution in [0.15, 0.2) is 0 Å². The second-order valence-electron chi connectivity index (χ2n) is 4.19. The summed E-state index contributed by atoms with van der Waals surface area (Å²) in [7, 11) is -1.72. The summed E-state index contributed by atoms with van der Waals surface area (Å²) in [6.45, 7) is 9.72. The summed E-state index contributed by atoms with van der Waals surface area (Å²) in [6, 6.07) is 0. The molecular weight excluding hydrogens is 224 g/mol. The molecule has 0 radical (unpaired) electrons. The first-order valence-corrected chi connectivity index (χ1v) is 7.60. The quantitative estimate of drug-likeness (QED) is 0.831. The fraction of sp³-hybridized carbons (Fsp3) is 1.00. The van der Waals surface area contributed by atoms with Crippen LogP contribution >= 0.6 is 0 Å². The first-order valence-electron chi connectivity index (χ1n) is 6.16. The monoisotopic (exact) mass is 250 g/mol. The number of hydrogen-bond acceptors (Lipinski definition) is 2. The number of piperidine rings is 1. The van der Waals surface area contributed by atoms with Crippen molar-refractivity contribution in [3.63, 3.8) is 0 Å². The molecule has 0 aromatic rings. The van der Waals surface area contributed by atoms with Gasteiger partial charge in [0, 0.05) is 20.1 Å². The third kappa shape index (κ3) is 4.39. The number of rotatable bonds is 3. The van der Waals surface area contributed by atoms with E-state index in [1.54, 1.807) is 0 Å². The van der Waals surface area contributed by atoms with E-state index in [1.807, 2.05) is 13.8 Å². The van der Waals surface area contributed by atoms with Gasteiger partial charge in [0.2, 0.25) is 0 Å². The fourth-order valence-electron chi connectivity index (χ4n) is 1.91. The van der Waals surface area contributed by atoms with Crippen molar-refractivity contribution in [2.24, 2.45) is 11.8 Å². The normalized spacial score (nSPS) is 19.4. The van der Waals surface area contributed by atoms with Gasteiger partial charge in [0.1, 0.15) is 0 Å². The van der Waals surface area contributed by atoms with Gasteiger partial charge in [-0.2, -0.15) is 12.7 Å². The maximum absolute atomic E-state index is 11.4. The van der Waals surface area contributed by atoms with Crippen LogP contribution in [-0.4, -0.2) is 32.9 Å². The van der Waals surface area contributed by atoms with Gasteiger partial charge in [0.25, 0.3) is 10.2 Å². The lowest BCUT2D eigenvalue weighted by Crippen LogP contribution is -2.44. The Hall–Kier alpha value is -0.130. The average molecular weight is 250 g/mol. The molecule has 0 aromatic heterocycles. The Labute approximate surface area is 101 Å². The van der Waals surface area contributed by atoms with Crippen LogP contribution in [0.2, 0.25) is 0 Å². The zero-order chi connectivity index (χ0) is 12.8. The lowest BCUT2D eigenvalue weighted by atomic mass is 9.87. The van der Waals surface area contributed by atoms with E-state index in [9.17, 15) is 8.42 Å². The molecule has 0 bridgehead atoms. The van der Waals surface area contributed by atoms with E-state index in [0.717, 1.165) is 12.8 Å². The zero-order valence-corrected chi connectivity index (χ0v) is 12.0. The summed E-state index contributed by atoms with van der Waals surface area (Å²) in [5.41, 5.74) is 0. The van der Waals surface area contributed by atoms with Gasteiger partial charge < -0.3 is 0 Å². The number of hydrogen-bond donors (Lipinski definition) is 1. The highest BCUT2D eigenvalue weighted by Crippen LogP contribution is 2.25. The first kappa shape index (κ1) is 15.9. The van der Waals surface area contributed by atoms with Crippen LogP contribution in [0.1, 0.15) is 40.5 Å². The molecule has 1 aliphatic heterocycles. The molecule has 1 fully saturated rings. The minimum Gasteiger partial charge on any atom is -0.205 e. The minimum absolute atomic E-state index is 0.659. The Balaban J connectivity index is 0.00000106. The fourth-order valence-corrected chi connectivity index (χ4v) is 2.86. The van der Waals surface area contributed by atoms with E-state index < -0.39 is 10.2 Å². The van der Waals surface area contributed by atoms with Gasteiger partial charge in [-0.3, -0.25) is 0 Å². The number of nitrogens with one attached hydrogen (secondary N) is 1. The predicted octanol–water partition coefficient (Wildman–Crippen LogP) is 1.84. The van der Waals surface area contributed by atoms with Crippen LogP contribution in [0.3, 0.4) is 0 Å². The molecule has 1 N–H and O–H groups in total. The van der Waals surface area contributed by atoms with E-state index in [-0.39, 0.29) is 0 Å². The average Bonchev–Trinajstić information content (AvgIpc) is 2.32. The smallest absolute Gasteiger partial charge is 0.205 e. The predicted molar refractivity (Wildman–Crippen MR) is 68.5 cm³/mol. The molecular formula is C11H26N2O2S. The van der Waals surface area contributed by atoms with Crippen LogP contribution in [0.25, 0.3) is 0 Å². The van der Waals surface area contributed by atoms with Crippen molar-refractivity contribution in [3.05, 3.63) is 0 Å². The van der Waals surface area contributed by atoms with Crippen LogP contribution < -0.4 is 4.72 Å². The molecule has 1 heterocycles. The summed E-state index contributed by atoms with van der Waals surface area (Å²) in [5.74, 6) is 1.34. The topological polar surface area (TPSA) is 49.4 Å². The molecule has 0 aromatic carbocycles. The van der Waals surface area contributed by atoms with Gasteiger partial charge in [0.05, 0.1) is 0 Å². The molecule has 0 spiro atoms. The van der Waals surface area contributed by atoms with Crippen molar-refractivity contribution in [3.8, 4) is 0 Å². The van der Waals surface area contributed by atoms with Crippen LogP contribution in [0.4, 0.5) is 0 Å². The molecule has 4 nitrogen and oxygen atoms in total.